The molecule has 0 saturated carbocycles. The molecule has 0 aliphatic carbocycles. The van der Waals surface area contributed by atoms with Crippen molar-refractivity contribution in [3.63, 3.8) is 0 Å². The van der Waals surface area contributed by atoms with Crippen LogP contribution in [-0.2, 0) is 14.8 Å². The number of benzene rings is 2. The number of rotatable bonds is 11. The minimum atomic E-state index is -3.84. The number of carbonyl (C=O) groups excluding carboxylic acids is 2. The molecule has 0 N–H and O–H groups in total. The van der Waals surface area contributed by atoms with Gasteiger partial charge in [-0.3, -0.25) is 4.79 Å². The van der Waals surface area contributed by atoms with Crippen LogP contribution in [0.1, 0.15) is 47.4 Å². The average Bonchev–Trinajstić information content (AvgIpc) is 2.77. The maximum atomic E-state index is 12.9. The number of methoxy groups -OCH3 is 1. The van der Waals surface area contributed by atoms with E-state index in [2.05, 4.69) is 0 Å². The van der Waals surface area contributed by atoms with E-state index >= 15 is 0 Å². The van der Waals surface area contributed by atoms with E-state index in [-0.39, 0.29) is 54.5 Å². The van der Waals surface area contributed by atoms with Crippen molar-refractivity contribution in [2.75, 3.05) is 26.8 Å². The highest BCUT2D eigenvalue weighted by Crippen LogP contribution is 2.28. The fraction of sp³-hybridized carbons (Fsp3) is 0.364. The summed E-state index contributed by atoms with van der Waals surface area (Å²) >= 11 is 0. The van der Waals surface area contributed by atoms with Crippen LogP contribution in [0.3, 0.4) is 0 Å². The molecule has 0 unspecified atom stereocenters. The summed E-state index contributed by atoms with van der Waals surface area (Å²) in [4.78, 5) is 24.3. The molecule has 0 heterocycles. The van der Waals surface area contributed by atoms with Crippen LogP contribution in [0.5, 0.6) is 5.75 Å². The van der Waals surface area contributed by atoms with Gasteiger partial charge in [-0.15, -0.1) is 0 Å². The van der Waals surface area contributed by atoms with Crippen LogP contribution in [0.2, 0.25) is 0 Å². The summed E-state index contributed by atoms with van der Waals surface area (Å²) < 4.78 is 50.3. The molecule has 2 aromatic rings. The van der Waals surface area contributed by atoms with Crippen LogP contribution in [0.4, 0.5) is 4.39 Å². The summed E-state index contributed by atoms with van der Waals surface area (Å²) in [6, 6.07) is 9.29. The largest absolute Gasteiger partial charge is 0.495 e. The number of esters is 1. The Bertz CT molecular complexity index is 1020. The third-order valence-electron chi connectivity index (χ3n) is 4.67. The van der Waals surface area contributed by atoms with E-state index in [4.69, 9.17) is 9.47 Å². The third kappa shape index (κ3) is 6.11. The van der Waals surface area contributed by atoms with Crippen molar-refractivity contribution in [2.45, 2.75) is 31.6 Å². The van der Waals surface area contributed by atoms with Gasteiger partial charge < -0.3 is 9.47 Å². The molecule has 31 heavy (non-hydrogen) atoms. The molecular formula is C22H26FNO6S. The second-order valence-electron chi connectivity index (χ2n) is 6.62. The molecule has 168 valence electrons. The highest BCUT2D eigenvalue weighted by Gasteiger charge is 2.27. The topological polar surface area (TPSA) is 90.0 Å². The lowest BCUT2D eigenvalue weighted by molar-refractivity contribution is 0.0494. The Kier molecular flexibility index (Phi) is 8.70. The lowest BCUT2D eigenvalue weighted by Gasteiger charge is -2.20. The van der Waals surface area contributed by atoms with Gasteiger partial charge in [0, 0.05) is 25.1 Å². The molecule has 0 aromatic heterocycles. The summed E-state index contributed by atoms with van der Waals surface area (Å²) in [5.41, 5.74) is 0.450. The average molecular weight is 452 g/mol. The predicted molar refractivity (Wildman–Crippen MR) is 113 cm³/mol. The second-order valence-corrected chi connectivity index (χ2v) is 8.53. The van der Waals surface area contributed by atoms with Gasteiger partial charge in [-0.1, -0.05) is 13.8 Å². The molecule has 2 aromatic carbocycles. The second kappa shape index (κ2) is 11.0. The lowest BCUT2D eigenvalue weighted by atomic mass is 10.1. The Hall–Kier alpha value is -2.78. The Morgan fingerprint density at radius 1 is 1.00 bits per heavy atom. The normalized spacial score (nSPS) is 11.4. The molecule has 0 saturated heterocycles. The van der Waals surface area contributed by atoms with Crippen molar-refractivity contribution < 1.29 is 31.9 Å². The highest BCUT2D eigenvalue weighted by atomic mass is 32.2. The number of hydrogen-bond acceptors (Lipinski definition) is 6. The van der Waals surface area contributed by atoms with E-state index in [0.717, 1.165) is 0 Å². The number of nitrogens with zero attached hydrogens (tertiary/aromatic N) is 1. The number of hydrogen-bond donors (Lipinski definition) is 0. The highest BCUT2D eigenvalue weighted by molar-refractivity contribution is 7.89. The van der Waals surface area contributed by atoms with Crippen molar-refractivity contribution in [1.29, 1.82) is 0 Å². The summed E-state index contributed by atoms with van der Waals surface area (Å²) in [7, 11) is -2.49. The van der Waals surface area contributed by atoms with E-state index < -0.39 is 21.8 Å². The van der Waals surface area contributed by atoms with Gasteiger partial charge in [0.05, 0.1) is 19.3 Å². The molecule has 9 heteroatoms. The van der Waals surface area contributed by atoms with Crippen molar-refractivity contribution in [1.82, 2.24) is 4.31 Å². The van der Waals surface area contributed by atoms with Gasteiger partial charge in [-0.05, 0) is 48.9 Å². The van der Waals surface area contributed by atoms with Crippen molar-refractivity contribution in [3.05, 3.63) is 59.4 Å². The van der Waals surface area contributed by atoms with Gasteiger partial charge >= 0.3 is 5.97 Å². The van der Waals surface area contributed by atoms with Crippen LogP contribution in [0.25, 0.3) is 0 Å². The molecule has 0 radical (unpaired) electrons. The minimum Gasteiger partial charge on any atom is -0.495 e. The van der Waals surface area contributed by atoms with Gasteiger partial charge in [-0.25, -0.2) is 17.6 Å². The summed E-state index contributed by atoms with van der Waals surface area (Å²) in [5, 5.41) is 0. The molecule has 2 rings (SSSR count). The smallest absolute Gasteiger partial charge is 0.338 e. The van der Waals surface area contributed by atoms with Crippen molar-refractivity contribution in [2.24, 2.45) is 0 Å². The van der Waals surface area contributed by atoms with Crippen LogP contribution in [0, 0.1) is 5.82 Å². The maximum absolute atomic E-state index is 12.9. The van der Waals surface area contributed by atoms with E-state index in [0.29, 0.717) is 5.56 Å². The van der Waals surface area contributed by atoms with Gasteiger partial charge in [-0.2, -0.15) is 4.31 Å². The first-order valence-electron chi connectivity index (χ1n) is 9.88. The quantitative estimate of drug-likeness (QED) is 0.294. The Morgan fingerprint density at radius 3 is 2.19 bits per heavy atom. The summed E-state index contributed by atoms with van der Waals surface area (Å²) in [5.74, 6) is -1.18. The van der Waals surface area contributed by atoms with Gasteiger partial charge in [0.1, 0.15) is 16.5 Å². The molecule has 0 fully saturated rings. The third-order valence-corrected chi connectivity index (χ3v) is 6.74. The van der Waals surface area contributed by atoms with Gasteiger partial charge in [0.25, 0.3) is 0 Å². The van der Waals surface area contributed by atoms with Crippen LogP contribution >= 0.6 is 0 Å². The number of Topliss-reactive ketones (excluding diaryl/α,β-unsaturated/α-hetero) is 1. The van der Waals surface area contributed by atoms with Gasteiger partial charge in [0.15, 0.2) is 5.78 Å². The minimum absolute atomic E-state index is 0.0179. The summed E-state index contributed by atoms with van der Waals surface area (Å²) in [6.45, 7) is 3.98. The Morgan fingerprint density at radius 2 is 1.61 bits per heavy atom. The van der Waals surface area contributed by atoms with E-state index in [9.17, 15) is 22.4 Å². The molecule has 7 nitrogen and oxygen atoms in total. The fourth-order valence-corrected chi connectivity index (χ4v) is 4.61. The van der Waals surface area contributed by atoms with E-state index in [1.54, 1.807) is 13.8 Å². The first kappa shape index (κ1) is 24.5. The number of ether oxygens (including phenoxy) is 2. The monoisotopic (exact) mass is 451 g/mol. The predicted octanol–water partition coefficient (Wildman–Crippen LogP) is 3.68. The molecule has 0 aliphatic heterocycles. The first-order chi connectivity index (χ1) is 14.7. The molecule has 0 amide bonds. The number of sulfonamides is 1. The zero-order chi connectivity index (χ0) is 23.0. The standard InChI is InChI=1S/C22H26FNO6S/c1-4-24(5-2)31(27,28)21-15-17(10-13-20(21)29-3)22(26)30-14-6-7-19(25)16-8-11-18(23)12-9-16/h8-13,15H,4-7,14H2,1-3H3. The molecule has 0 spiro atoms. The fourth-order valence-electron chi connectivity index (χ4n) is 2.97. The van der Waals surface area contributed by atoms with Gasteiger partial charge in [0.2, 0.25) is 10.0 Å². The Labute approximate surface area is 181 Å². The molecule has 0 bridgehead atoms. The number of ketones is 1. The van der Waals surface area contributed by atoms with E-state index in [1.807, 2.05) is 0 Å². The molecular weight excluding hydrogens is 425 g/mol. The first-order valence-corrected chi connectivity index (χ1v) is 11.3. The lowest BCUT2D eigenvalue weighted by Crippen LogP contribution is -2.31. The molecule has 0 aliphatic rings. The number of halogens is 1. The SMILES string of the molecule is CCN(CC)S(=O)(=O)c1cc(C(=O)OCCCC(=O)c2ccc(F)cc2)ccc1OC. The zero-order valence-electron chi connectivity index (χ0n) is 17.8. The van der Waals surface area contributed by atoms with Crippen molar-refractivity contribution in [3.8, 4) is 5.75 Å². The van der Waals surface area contributed by atoms with Crippen LogP contribution < -0.4 is 4.74 Å². The number of carbonyl (C=O) groups is 2. The Balaban J connectivity index is 2.03. The maximum Gasteiger partial charge on any atom is 0.338 e. The summed E-state index contributed by atoms with van der Waals surface area (Å²) in [6.07, 6.45) is 0.409. The van der Waals surface area contributed by atoms with Crippen LogP contribution in [-0.4, -0.2) is 51.3 Å². The van der Waals surface area contributed by atoms with E-state index in [1.165, 1.54) is 53.9 Å². The van der Waals surface area contributed by atoms with Crippen molar-refractivity contribution >= 4 is 21.8 Å². The molecule has 0 atom stereocenters. The van der Waals surface area contributed by atoms with Crippen LogP contribution in [0.15, 0.2) is 47.4 Å². The zero-order valence-corrected chi connectivity index (χ0v) is 18.6.